The van der Waals surface area contributed by atoms with E-state index in [-0.39, 0.29) is 11.9 Å². The Morgan fingerprint density at radius 1 is 1.29 bits per heavy atom. The molecule has 5 heteroatoms. The van der Waals surface area contributed by atoms with Gasteiger partial charge in [-0.3, -0.25) is 4.79 Å². The second-order valence-corrected chi connectivity index (χ2v) is 6.04. The predicted octanol–water partition coefficient (Wildman–Crippen LogP) is 2.19. The smallest absolute Gasteiger partial charge is 0.315 e. The van der Waals surface area contributed by atoms with E-state index in [2.05, 4.69) is 16.7 Å². The molecule has 0 atom stereocenters. The van der Waals surface area contributed by atoms with Gasteiger partial charge in [0.15, 0.2) is 0 Å². The molecule has 0 unspecified atom stereocenters. The van der Waals surface area contributed by atoms with Crippen LogP contribution in [0.2, 0.25) is 0 Å². The summed E-state index contributed by atoms with van der Waals surface area (Å²) in [7, 11) is 0. The van der Waals surface area contributed by atoms with Crippen molar-refractivity contribution in [2.24, 2.45) is 0 Å². The number of hydrogen-bond acceptors (Lipinski definition) is 2. The fourth-order valence-corrected chi connectivity index (χ4v) is 2.61. The maximum absolute atomic E-state index is 11.7. The molecule has 0 bridgehead atoms. The molecule has 0 heterocycles. The third-order valence-corrected chi connectivity index (χ3v) is 4.11. The van der Waals surface area contributed by atoms with Gasteiger partial charge < -0.3 is 15.5 Å². The highest BCUT2D eigenvalue weighted by molar-refractivity contribution is 5.75. The second-order valence-electron chi connectivity index (χ2n) is 6.04. The van der Waals surface area contributed by atoms with Crippen molar-refractivity contribution in [1.29, 1.82) is 0 Å². The van der Waals surface area contributed by atoms with Crippen molar-refractivity contribution in [3.63, 3.8) is 0 Å². The summed E-state index contributed by atoms with van der Waals surface area (Å²) in [6.45, 7) is 3.45. The molecule has 2 aliphatic rings. The lowest BCUT2D eigenvalue weighted by Crippen LogP contribution is -2.42. The van der Waals surface area contributed by atoms with E-state index in [0.717, 1.165) is 25.8 Å². The standard InChI is InChI=1S/C16H27N3O2/c1-13(20)19(11-9-14-5-3-2-4-6-14)12-10-17-16(21)18-15-7-8-15/h5,15H,2-4,6-12H2,1H3,(H2,17,18,21). The van der Waals surface area contributed by atoms with Gasteiger partial charge in [0.2, 0.25) is 5.91 Å². The summed E-state index contributed by atoms with van der Waals surface area (Å²) in [6.07, 6.45) is 10.4. The molecule has 0 aromatic rings. The van der Waals surface area contributed by atoms with E-state index >= 15 is 0 Å². The second kappa shape index (κ2) is 8.05. The molecule has 5 nitrogen and oxygen atoms in total. The Bertz CT molecular complexity index is 402. The lowest BCUT2D eigenvalue weighted by atomic mass is 9.97. The predicted molar refractivity (Wildman–Crippen MR) is 83.0 cm³/mol. The van der Waals surface area contributed by atoms with Crippen molar-refractivity contribution < 1.29 is 9.59 Å². The Kier molecular flexibility index (Phi) is 6.08. The molecule has 2 rings (SSSR count). The summed E-state index contributed by atoms with van der Waals surface area (Å²) >= 11 is 0. The minimum atomic E-state index is -0.115. The van der Waals surface area contributed by atoms with Gasteiger partial charge in [-0.1, -0.05) is 11.6 Å². The van der Waals surface area contributed by atoms with E-state index < -0.39 is 0 Å². The van der Waals surface area contributed by atoms with E-state index in [9.17, 15) is 9.59 Å². The van der Waals surface area contributed by atoms with Gasteiger partial charge in [-0.25, -0.2) is 4.79 Å². The van der Waals surface area contributed by atoms with Crippen LogP contribution in [0.3, 0.4) is 0 Å². The van der Waals surface area contributed by atoms with E-state index in [1.165, 1.54) is 31.3 Å². The summed E-state index contributed by atoms with van der Waals surface area (Å²) in [6, 6.07) is 0.253. The molecule has 3 amide bonds. The van der Waals surface area contributed by atoms with Crippen LogP contribution in [0.15, 0.2) is 11.6 Å². The maximum Gasteiger partial charge on any atom is 0.315 e. The zero-order valence-corrected chi connectivity index (χ0v) is 13.0. The molecular formula is C16H27N3O2. The average molecular weight is 293 g/mol. The number of nitrogens with one attached hydrogen (secondary N) is 2. The Balaban J connectivity index is 1.64. The van der Waals surface area contributed by atoms with Gasteiger partial charge in [0.05, 0.1) is 0 Å². The van der Waals surface area contributed by atoms with Crippen molar-refractivity contribution in [2.75, 3.05) is 19.6 Å². The molecule has 1 fully saturated rings. The van der Waals surface area contributed by atoms with Crippen LogP contribution >= 0.6 is 0 Å². The zero-order valence-electron chi connectivity index (χ0n) is 13.0. The maximum atomic E-state index is 11.7. The van der Waals surface area contributed by atoms with Crippen LogP contribution in [0.1, 0.15) is 51.9 Å². The van der Waals surface area contributed by atoms with Crippen molar-refractivity contribution in [1.82, 2.24) is 15.5 Å². The topological polar surface area (TPSA) is 61.4 Å². The molecule has 0 aliphatic heterocycles. The van der Waals surface area contributed by atoms with Gasteiger partial charge in [-0.2, -0.15) is 0 Å². The normalized spacial score (nSPS) is 17.9. The van der Waals surface area contributed by atoms with Crippen molar-refractivity contribution in [3.05, 3.63) is 11.6 Å². The Labute approximate surface area is 127 Å². The number of nitrogens with zero attached hydrogens (tertiary/aromatic N) is 1. The molecule has 2 aliphatic carbocycles. The molecule has 2 N–H and O–H groups in total. The van der Waals surface area contributed by atoms with Crippen molar-refractivity contribution in [2.45, 2.75) is 57.9 Å². The first kappa shape index (κ1) is 15.9. The number of hydrogen-bond donors (Lipinski definition) is 2. The molecule has 118 valence electrons. The first-order chi connectivity index (χ1) is 10.1. The van der Waals surface area contributed by atoms with Gasteiger partial charge >= 0.3 is 6.03 Å². The Morgan fingerprint density at radius 3 is 2.71 bits per heavy atom. The van der Waals surface area contributed by atoms with E-state index in [1.54, 1.807) is 6.92 Å². The van der Waals surface area contributed by atoms with Crippen LogP contribution in [0.4, 0.5) is 4.79 Å². The monoisotopic (exact) mass is 293 g/mol. The van der Waals surface area contributed by atoms with Crippen LogP contribution in [0, 0.1) is 0 Å². The minimum absolute atomic E-state index is 0.0795. The van der Waals surface area contributed by atoms with Crippen LogP contribution in [-0.2, 0) is 4.79 Å². The number of urea groups is 1. The SMILES string of the molecule is CC(=O)N(CCNC(=O)NC1CC1)CCC1=CCCCC1. The largest absolute Gasteiger partial charge is 0.341 e. The summed E-state index contributed by atoms with van der Waals surface area (Å²) in [4.78, 5) is 25.0. The number of amides is 3. The minimum Gasteiger partial charge on any atom is -0.341 e. The van der Waals surface area contributed by atoms with Gasteiger partial charge in [-0.05, 0) is 44.9 Å². The first-order valence-electron chi connectivity index (χ1n) is 8.13. The Morgan fingerprint density at radius 2 is 2.10 bits per heavy atom. The fourth-order valence-electron chi connectivity index (χ4n) is 2.61. The molecule has 0 spiro atoms. The summed E-state index contributed by atoms with van der Waals surface area (Å²) in [5.41, 5.74) is 1.48. The van der Waals surface area contributed by atoms with Crippen LogP contribution in [-0.4, -0.2) is 42.5 Å². The molecule has 1 saturated carbocycles. The van der Waals surface area contributed by atoms with Crippen molar-refractivity contribution in [3.8, 4) is 0 Å². The highest BCUT2D eigenvalue weighted by Crippen LogP contribution is 2.20. The highest BCUT2D eigenvalue weighted by Gasteiger charge is 2.23. The molecule has 0 saturated heterocycles. The third kappa shape index (κ3) is 6.19. The number of allylic oxidation sites excluding steroid dienone is 1. The van der Waals surface area contributed by atoms with E-state index in [1.807, 2.05) is 4.90 Å². The summed E-state index contributed by atoms with van der Waals surface area (Å²) < 4.78 is 0. The van der Waals surface area contributed by atoms with Crippen LogP contribution in [0.5, 0.6) is 0 Å². The summed E-state index contributed by atoms with van der Waals surface area (Å²) in [5, 5.41) is 5.70. The van der Waals surface area contributed by atoms with Gasteiger partial charge in [0, 0.05) is 32.6 Å². The molecule has 0 aromatic heterocycles. The van der Waals surface area contributed by atoms with Gasteiger partial charge in [0.1, 0.15) is 0 Å². The third-order valence-electron chi connectivity index (χ3n) is 4.11. The zero-order chi connectivity index (χ0) is 15.1. The van der Waals surface area contributed by atoms with Crippen LogP contribution in [0.25, 0.3) is 0 Å². The molecular weight excluding hydrogens is 266 g/mol. The molecule has 0 aromatic carbocycles. The quantitative estimate of drug-likeness (QED) is 0.707. The van der Waals surface area contributed by atoms with Gasteiger partial charge in [0.25, 0.3) is 0 Å². The molecule has 21 heavy (non-hydrogen) atoms. The van der Waals surface area contributed by atoms with Crippen LogP contribution < -0.4 is 10.6 Å². The number of carbonyl (C=O) groups excluding carboxylic acids is 2. The van der Waals surface area contributed by atoms with Crippen molar-refractivity contribution >= 4 is 11.9 Å². The summed E-state index contributed by atoms with van der Waals surface area (Å²) in [5.74, 6) is 0.0795. The number of carbonyl (C=O) groups is 2. The lowest BCUT2D eigenvalue weighted by molar-refractivity contribution is -0.128. The fraction of sp³-hybridized carbons (Fsp3) is 0.750. The number of rotatable bonds is 7. The van der Waals surface area contributed by atoms with E-state index in [0.29, 0.717) is 19.1 Å². The first-order valence-corrected chi connectivity index (χ1v) is 8.13. The van der Waals surface area contributed by atoms with Gasteiger partial charge in [-0.15, -0.1) is 0 Å². The molecule has 0 radical (unpaired) electrons. The Hall–Kier alpha value is -1.52. The lowest BCUT2D eigenvalue weighted by Gasteiger charge is -2.23. The average Bonchev–Trinajstić information content (AvgIpc) is 3.27. The van der Waals surface area contributed by atoms with E-state index in [4.69, 9.17) is 0 Å². The highest BCUT2D eigenvalue weighted by atomic mass is 16.2.